The van der Waals surface area contributed by atoms with E-state index in [4.69, 9.17) is 16.3 Å². The summed E-state index contributed by atoms with van der Waals surface area (Å²) in [5.74, 6) is 0.388. The van der Waals surface area contributed by atoms with Gasteiger partial charge < -0.3 is 4.74 Å². The molecule has 1 rings (SSSR count). The molecule has 0 unspecified atom stereocenters. The van der Waals surface area contributed by atoms with Crippen LogP contribution in [0.5, 0.6) is 5.75 Å². The minimum Gasteiger partial charge on any atom is -0.495 e. The minimum atomic E-state index is -3.35. The van der Waals surface area contributed by atoms with Gasteiger partial charge in [-0.15, -0.1) is 11.6 Å². The zero-order chi connectivity index (χ0) is 12.3. The van der Waals surface area contributed by atoms with Crippen molar-refractivity contribution in [1.82, 2.24) is 0 Å². The SMILES string of the molecule is COc1cc(C)c(C)cc1S(=O)(=O)CCCl. The van der Waals surface area contributed by atoms with Crippen molar-refractivity contribution >= 4 is 21.4 Å². The number of methoxy groups -OCH3 is 1. The Morgan fingerprint density at radius 2 is 1.81 bits per heavy atom. The van der Waals surface area contributed by atoms with E-state index in [1.54, 1.807) is 12.1 Å². The maximum Gasteiger partial charge on any atom is 0.183 e. The van der Waals surface area contributed by atoms with Crippen LogP contribution in [0.25, 0.3) is 0 Å². The number of ether oxygens (including phenoxy) is 1. The standard InChI is InChI=1S/C11H15ClO3S/c1-8-6-10(15-3)11(7-9(8)2)16(13,14)5-4-12/h6-7H,4-5H2,1-3H3. The molecule has 0 atom stereocenters. The van der Waals surface area contributed by atoms with Gasteiger partial charge in [0.1, 0.15) is 10.6 Å². The maximum absolute atomic E-state index is 11.9. The van der Waals surface area contributed by atoms with Crippen molar-refractivity contribution in [2.24, 2.45) is 0 Å². The summed E-state index contributed by atoms with van der Waals surface area (Å²) in [6, 6.07) is 3.37. The Labute approximate surface area is 101 Å². The van der Waals surface area contributed by atoms with Gasteiger partial charge in [-0.1, -0.05) is 0 Å². The molecule has 3 nitrogen and oxygen atoms in total. The fourth-order valence-electron chi connectivity index (χ4n) is 1.38. The molecule has 5 heteroatoms. The molecule has 0 N–H and O–H groups in total. The molecule has 0 saturated carbocycles. The highest BCUT2D eigenvalue weighted by molar-refractivity contribution is 7.91. The van der Waals surface area contributed by atoms with E-state index in [0.717, 1.165) is 11.1 Å². The van der Waals surface area contributed by atoms with Crippen LogP contribution >= 0.6 is 11.6 Å². The third-order valence-corrected chi connectivity index (χ3v) is 4.60. The Kier molecular flexibility index (Phi) is 4.21. The van der Waals surface area contributed by atoms with Crippen LogP contribution in [0.1, 0.15) is 11.1 Å². The van der Waals surface area contributed by atoms with Crippen molar-refractivity contribution in [3.63, 3.8) is 0 Å². The molecule has 0 aliphatic carbocycles. The third kappa shape index (κ3) is 2.68. The van der Waals surface area contributed by atoms with Crippen LogP contribution in [-0.2, 0) is 9.84 Å². The van der Waals surface area contributed by atoms with Gasteiger partial charge in [0.25, 0.3) is 0 Å². The predicted octanol–water partition coefficient (Wildman–Crippen LogP) is 2.32. The minimum absolute atomic E-state index is 0.0760. The Bertz CT molecular complexity index is 480. The number of alkyl halides is 1. The molecule has 0 bridgehead atoms. The van der Waals surface area contributed by atoms with Gasteiger partial charge in [-0.3, -0.25) is 0 Å². The average Bonchev–Trinajstić information content (AvgIpc) is 2.21. The molecule has 0 amide bonds. The quantitative estimate of drug-likeness (QED) is 0.782. The van der Waals surface area contributed by atoms with Crippen LogP contribution in [0.15, 0.2) is 17.0 Å². The van der Waals surface area contributed by atoms with Crippen molar-refractivity contribution in [2.75, 3.05) is 18.7 Å². The van der Waals surface area contributed by atoms with Gasteiger partial charge in [0.05, 0.1) is 12.9 Å². The second-order valence-corrected chi connectivity index (χ2v) is 6.05. The molecule has 90 valence electrons. The van der Waals surface area contributed by atoms with Gasteiger partial charge in [-0.25, -0.2) is 8.42 Å². The first-order chi connectivity index (χ1) is 7.42. The molecule has 0 aromatic heterocycles. The first kappa shape index (κ1) is 13.3. The third-order valence-electron chi connectivity index (χ3n) is 2.46. The highest BCUT2D eigenvalue weighted by Gasteiger charge is 2.19. The van der Waals surface area contributed by atoms with Crippen molar-refractivity contribution in [2.45, 2.75) is 18.7 Å². The molecule has 0 fully saturated rings. The smallest absolute Gasteiger partial charge is 0.183 e. The van der Waals surface area contributed by atoms with Crippen LogP contribution in [0, 0.1) is 13.8 Å². The van der Waals surface area contributed by atoms with Gasteiger partial charge >= 0.3 is 0 Å². The Balaban J connectivity index is 3.38. The van der Waals surface area contributed by atoms with Gasteiger partial charge in [0, 0.05) is 5.88 Å². The van der Waals surface area contributed by atoms with E-state index in [1.165, 1.54) is 7.11 Å². The highest BCUT2D eigenvalue weighted by Crippen LogP contribution is 2.28. The van der Waals surface area contributed by atoms with Gasteiger partial charge in [0.15, 0.2) is 9.84 Å². The summed E-state index contributed by atoms with van der Waals surface area (Å²) in [5.41, 5.74) is 1.93. The zero-order valence-corrected chi connectivity index (χ0v) is 11.2. The lowest BCUT2D eigenvalue weighted by Gasteiger charge is -2.11. The Morgan fingerprint density at radius 1 is 1.25 bits per heavy atom. The van der Waals surface area contributed by atoms with Crippen LogP contribution < -0.4 is 4.74 Å². The van der Waals surface area contributed by atoms with E-state index in [-0.39, 0.29) is 16.5 Å². The second-order valence-electron chi connectivity index (χ2n) is 3.60. The normalized spacial score (nSPS) is 11.5. The molecule has 1 aromatic rings. The lowest BCUT2D eigenvalue weighted by atomic mass is 10.1. The number of rotatable bonds is 4. The highest BCUT2D eigenvalue weighted by atomic mass is 35.5. The summed E-state index contributed by atoms with van der Waals surface area (Å²) in [4.78, 5) is 0.221. The summed E-state index contributed by atoms with van der Waals surface area (Å²) in [7, 11) is -1.89. The lowest BCUT2D eigenvalue weighted by molar-refractivity contribution is 0.402. The Morgan fingerprint density at radius 3 is 2.31 bits per heavy atom. The fraction of sp³-hybridized carbons (Fsp3) is 0.455. The van der Waals surface area contributed by atoms with Gasteiger partial charge in [0.2, 0.25) is 0 Å². The molecule has 1 aromatic carbocycles. The fourth-order valence-corrected chi connectivity index (χ4v) is 3.21. The number of aryl methyl sites for hydroxylation is 2. The lowest BCUT2D eigenvalue weighted by Crippen LogP contribution is -2.10. The average molecular weight is 263 g/mol. The largest absolute Gasteiger partial charge is 0.495 e. The number of hydrogen-bond donors (Lipinski definition) is 0. The van der Waals surface area contributed by atoms with Gasteiger partial charge in [-0.2, -0.15) is 0 Å². The molecule has 0 aliphatic rings. The second kappa shape index (κ2) is 5.06. The summed E-state index contributed by atoms with van der Waals surface area (Å²) in [5, 5.41) is 0. The van der Waals surface area contributed by atoms with E-state index in [0.29, 0.717) is 5.75 Å². The number of hydrogen-bond acceptors (Lipinski definition) is 3. The summed E-state index contributed by atoms with van der Waals surface area (Å²) in [6.07, 6.45) is 0. The maximum atomic E-state index is 11.9. The van der Waals surface area contributed by atoms with E-state index in [2.05, 4.69) is 0 Å². The van der Waals surface area contributed by atoms with Crippen LogP contribution in [0.2, 0.25) is 0 Å². The molecular formula is C11H15ClO3S. The first-order valence-electron chi connectivity index (χ1n) is 4.86. The first-order valence-corrected chi connectivity index (χ1v) is 7.05. The van der Waals surface area contributed by atoms with Gasteiger partial charge in [-0.05, 0) is 37.1 Å². The Hall–Kier alpha value is -0.740. The molecule has 0 spiro atoms. The van der Waals surface area contributed by atoms with Crippen LogP contribution in [0.4, 0.5) is 0 Å². The molecule has 0 aliphatic heterocycles. The van der Waals surface area contributed by atoms with Crippen molar-refractivity contribution < 1.29 is 13.2 Å². The number of sulfone groups is 1. The van der Waals surface area contributed by atoms with E-state index >= 15 is 0 Å². The van der Waals surface area contributed by atoms with Crippen LogP contribution in [0.3, 0.4) is 0 Å². The molecule has 0 radical (unpaired) electrons. The van der Waals surface area contributed by atoms with E-state index in [1.807, 2.05) is 13.8 Å². The number of benzene rings is 1. The monoisotopic (exact) mass is 262 g/mol. The summed E-state index contributed by atoms with van der Waals surface area (Å²) >= 11 is 5.48. The zero-order valence-electron chi connectivity index (χ0n) is 9.58. The van der Waals surface area contributed by atoms with E-state index < -0.39 is 9.84 Å². The van der Waals surface area contributed by atoms with Crippen molar-refractivity contribution in [3.05, 3.63) is 23.3 Å². The van der Waals surface area contributed by atoms with Crippen molar-refractivity contribution in [1.29, 1.82) is 0 Å². The molecule has 16 heavy (non-hydrogen) atoms. The molecular weight excluding hydrogens is 248 g/mol. The van der Waals surface area contributed by atoms with Crippen molar-refractivity contribution in [3.8, 4) is 5.75 Å². The predicted molar refractivity (Wildman–Crippen MR) is 65.2 cm³/mol. The van der Waals surface area contributed by atoms with E-state index in [9.17, 15) is 8.42 Å². The number of halogens is 1. The molecule has 0 heterocycles. The van der Waals surface area contributed by atoms with Crippen LogP contribution in [-0.4, -0.2) is 27.2 Å². The summed E-state index contributed by atoms with van der Waals surface area (Å²) < 4.78 is 28.9. The molecule has 0 saturated heterocycles. The summed E-state index contributed by atoms with van der Waals surface area (Å²) in [6.45, 7) is 3.78. The topological polar surface area (TPSA) is 43.4 Å².